The van der Waals surface area contributed by atoms with Gasteiger partial charge in [-0.1, -0.05) is 12.1 Å². The summed E-state index contributed by atoms with van der Waals surface area (Å²) in [5, 5.41) is 14.4. The van der Waals surface area contributed by atoms with Gasteiger partial charge in [-0.25, -0.2) is 13.6 Å². The average molecular weight is 360 g/mol. The molecule has 136 valence electrons. The highest BCUT2D eigenvalue weighted by Gasteiger charge is 2.12. The van der Waals surface area contributed by atoms with Gasteiger partial charge in [0.2, 0.25) is 5.91 Å². The van der Waals surface area contributed by atoms with Crippen molar-refractivity contribution in [1.29, 1.82) is 0 Å². The van der Waals surface area contributed by atoms with Gasteiger partial charge >= 0.3 is 5.97 Å². The van der Waals surface area contributed by atoms with Crippen LogP contribution in [0.15, 0.2) is 42.5 Å². The summed E-state index contributed by atoms with van der Waals surface area (Å²) in [6.07, 6.45) is 0.803. The van der Waals surface area contributed by atoms with E-state index < -0.39 is 23.5 Å². The highest BCUT2D eigenvalue weighted by molar-refractivity contribution is 5.97. The van der Waals surface area contributed by atoms with Crippen molar-refractivity contribution in [3.63, 3.8) is 0 Å². The van der Waals surface area contributed by atoms with Crippen molar-refractivity contribution >= 4 is 28.8 Å². The molecule has 0 spiro atoms. The molecule has 0 saturated carbocycles. The Bertz CT molecular complexity index is 879. The molecule has 0 unspecified atom stereocenters. The third-order valence-corrected chi connectivity index (χ3v) is 3.72. The first kappa shape index (κ1) is 19.1. The molecule has 26 heavy (non-hydrogen) atoms. The summed E-state index contributed by atoms with van der Waals surface area (Å²) < 4.78 is 26.6. The predicted octanol–water partition coefficient (Wildman–Crippen LogP) is 3.68. The molecule has 0 atom stereocenters. The Morgan fingerprint density at radius 1 is 1.12 bits per heavy atom. The molecule has 0 heterocycles. The Hall–Kier alpha value is -3.22. The number of carboxylic acid groups (broad SMARTS) is 1. The Morgan fingerprint density at radius 3 is 2.46 bits per heavy atom. The summed E-state index contributed by atoms with van der Waals surface area (Å²) in [4.78, 5) is 23.0. The lowest BCUT2D eigenvalue weighted by molar-refractivity contribution is -0.131. The summed E-state index contributed by atoms with van der Waals surface area (Å²) in [5.41, 5.74) is 2.25. The summed E-state index contributed by atoms with van der Waals surface area (Å²) in [6, 6.07) is 8.07. The van der Waals surface area contributed by atoms with Crippen molar-refractivity contribution in [2.24, 2.45) is 0 Å². The van der Waals surface area contributed by atoms with Crippen LogP contribution in [0, 0.1) is 11.6 Å². The van der Waals surface area contributed by atoms with Crippen LogP contribution in [0.5, 0.6) is 0 Å². The lowest BCUT2D eigenvalue weighted by Gasteiger charge is -2.13. The molecular weight excluding hydrogens is 342 g/mol. The topological polar surface area (TPSA) is 78.4 Å². The van der Waals surface area contributed by atoms with Crippen LogP contribution in [0.25, 0.3) is 5.57 Å². The lowest BCUT2D eigenvalue weighted by Crippen LogP contribution is -2.16. The zero-order valence-corrected chi connectivity index (χ0v) is 14.3. The fourth-order valence-electron chi connectivity index (χ4n) is 2.41. The van der Waals surface area contributed by atoms with E-state index in [0.717, 1.165) is 18.2 Å². The van der Waals surface area contributed by atoms with Gasteiger partial charge in [0, 0.05) is 19.2 Å². The van der Waals surface area contributed by atoms with Crippen molar-refractivity contribution in [3.05, 3.63) is 65.2 Å². The monoisotopic (exact) mass is 360 g/mol. The van der Waals surface area contributed by atoms with Gasteiger partial charge < -0.3 is 15.7 Å². The molecule has 0 aromatic heterocycles. The van der Waals surface area contributed by atoms with E-state index in [0.29, 0.717) is 22.5 Å². The van der Waals surface area contributed by atoms with Crippen molar-refractivity contribution in [2.75, 3.05) is 17.7 Å². The van der Waals surface area contributed by atoms with Crippen molar-refractivity contribution in [2.45, 2.75) is 13.3 Å². The molecule has 0 radical (unpaired) electrons. The molecule has 2 rings (SSSR count). The van der Waals surface area contributed by atoms with Crippen LogP contribution in [0.3, 0.4) is 0 Å². The maximum Gasteiger partial charge on any atom is 0.328 e. The second kappa shape index (κ2) is 8.24. The maximum atomic E-state index is 13.7. The molecule has 2 aromatic rings. The van der Waals surface area contributed by atoms with Gasteiger partial charge in [-0.15, -0.1) is 0 Å². The number of aliphatic carboxylic acids is 1. The first-order chi connectivity index (χ1) is 12.3. The minimum atomic E-state index is -1.07. The number of carbonyl (C=O) groups excluding carboxylic acids is 1. The first-order valence-electron chi connectivity index (χ1n) is 7.77. The molecule has 7 heteroatoms. The number of rotatable bonds is 6. The summed E-state index contributed by atoms with van der Waals surface area (Å²) in [5.74, 6) is -3.05. The van der Waals surface area contributed by atoms with Crippen LogP contribution in [-0.4, -0.2) is 24.0 Å². The van der Waals surface area contributed by atoms with E-state index in [-0.39, 0.29) is 12.0 Å². The molecule has 2 aromatic carbocycles. The van der Waals surface area contributed by atoms with Gasteiger partial charge in [0.15, 0.2) is 0 Å². The molecule has 0 bridgehead atoms. The van der Waals surface area contributed by atoms with Crippen LogP contribution in [0.1, 0.15) is 18.1 Å². The van der Waals surface area contributed by atoms with Crippen molar-refractivity contribution < 1.29 is 23.5 Å². The van der Waals surface area contributed by atoms with Crippen LogP contribution < -0.4 is 10.6 Å². The van der Waals surface area contributed by atoms with Crippen molar-refractivity contribution in [3.8, 4) is 0 Å². The molecule has 5 nitrogen and oxygen atoms in total. The number of amides is 1. The quantitative estimate of drug-likeness (QED) is 0.687. The number of carboxylic acids is 1. The van der Waals surface area contributed by atoms with E-state index in [1.807, 2.05) is 0 Å². The number of anilines is 2. The zero-order chi connectivity index (χ0) is 19.3. The van der Waals surface area contributed by atoms with Gasteiger partial charge in [0.1, 0.15) is 11.6 Å². The fraction of sp³-hybridized carbons (Fsp3) is 0.158. The number of carbonyl (C=O) groups is 2. The molecule has 0 saturated heterocycles. The SMILES string of the molecule is CNc1ccc(/C(C)=C/C(=O)O)cc1NC(=O)Cc1ccc(F)cc1F. The average Bonchev–Trinajstić information content (AvgIpc) is 2.56. The molecular formula is C19H18F2N2O3. The minimum absolute atomic E-state index is 0.0769. The third kappa shape index (κ3) is 4.89. The maximum absolute atomic E-state index is 13.7. The molecule has 3 N–H and O–H groups in total. The molecule has 0 fully saturated rings. The number of nitrogens with one attached hydrogen (secondary N) is 2. The van der Waals surface area contributed by atoms with Crippen LogP contribution >= 0.6 is 0 Å². The molecule has 0 aliphatic rings. The molecule has 0 aliphatic carbocycles. The van der Waals surface area contributed by atoms with Gasteiger partial charge in [-0.2, -0.15) is 0 Å². The van der Waals surface area contributed by atoms with Crippen LogP contribution in [0.2, 0.25) is 0 Å². The number of hydrogen-bond donors (Lipinski definition) is 3. The van der Waals surface area contributed by atoms with E-state index >= 15 is 0 Å². The largest absolute Gasteiger partial charge is 0.478 e. The van der Waals surface area contributed by atoms with Gasteiger partial charge in [-0.3, -0.25) is 4.79 Å². The lowest BCUT2D eigenvalue weighted by atomic mass is 10.0. The smallest absolute Gasteiger partial charge is 0.328 e. The van der Waals surface area contributed by atoms with Crippen molar-refractivity contribution in [1.82, 2.24) is 0 Å². The van der Waals surface area contributed by atoms with E-state index in [4.69, 9.17) is 5.11 Å². The molecule has 0 aliphatic heterocycles. The summed E-state index contributed by atoms with van der Waals surface area (Å²) in [6.45, 7) is 1.64. The summed E-state index contributed by atoms with van der Waals surface area (Å²) >= 11 is 0. The zero-order valence-electron chi connectivity index (χ0n) is 14.3. The van der Waals surface area contributed by atoms with Gasteiger partial charge in [0.05, 0.1) is 17.8 Å². The summed E-state index contributed by atoms with van der Waals surface area (Å²) in [7, 11) is 1.67. The number of allylic oxidation sites excluding steroid dienone is 1. The highest BCUT2D eigenvalue weighted by Crippen LogP contribution is 2.26. The van der Waals surface area contributed by atoms with E-state index in [1.54, 1.807) is 32.2 Å². The fourth-order valence-corrected chi connectivity index (χ4v) is 2.41. The van der Waals surface area contributed by atoms with E-state index in [2.05, 4.69) is 10.6 Å². The van der Waals surface area contributed by atoms with Gasteiger partial charge in [-0.05, 0) is 41.8 Å². The number of halogens is 2. The normalized spacial score (nSPS) is 11.2. The van der Waals surface area contributed by atoms with Crippen LogP contribution in [0.4, 0.5) is 20.2 Å². The Kier molecular flexibility index (Phi) is 6.06. The molecule has 1 amide bonds. The Labute approximate surface area is 149 Å². The first-order valence-corrected chi connectivity index (χ1v) is 7.77. The number of benzene rings is 2. The standard InChI is InChI=1S/C19H18F2N2O3/c1-11(7-19(25)26)12-4-6-16(22-2)17(8-12)23-18(24)9-13-3-5-14(20)10-15(13)21/h3-8,10,22H,9H2,1-2H3,(H,23,24)(H,25,26)/b11-7+. The van der Waals surface area contributed by atoms with Gasteiger partial charge in [0.25, 0.3) is 0 Å². The second-order valence-electron chi connectivity index (χ2n) is 5.64. The Balaban J connectivity index is 2.23. The second-order valence-corrected chi connectivity index (χ2v) is 5.64. The highest BCUT2D eigenvalue weighted by atomic mass is 19.1. The third-order valence-electron chi connectivity index (χ3n) is 3.72. The van der Waals surface area contributed by atoms with E-state index in [1.165, 1.54) is 6.07 Å². The number of hydrogen-bond acceptors (Lipinski definition) is 3. The van der Waals surface area contributed by atoms with E-state index in [9.17, 15) is 18.4 Å². The minimum Gasteiger partial charge on any atom is -0.478 e. The predicted molar refractivity (Wildman–Crippen MR) is 96.0 cm³/mol. The van der Waals surface area contributed by atoms with Crippen LogP contribution in [-0.2, 0) is 16.0 Å². The Morgan fingerprint density at radius 2 is 1.85 bits per heavy atom.